The predicted octanol–water partition coefficient (Wildman–Crippen LogP) is 3.61. The van der Waals surface area contributed by atoms with Crippen molar-refractivity contribution in [2.75, 3.05) is 11.1 Å². The van der Waals surface area contributed by atoms with E-state index in [9.17, 15) is 9.59 Å². The first-order valence-corrected chi connectivity index (χ1v) is 9.76. The molecular weight excluding hydrogens is 414 g/mol. The lowest BCUT2D eigenvalue weighted by atomic mass is 10.2. The second-order valence-corrected chi connectivity index (χ2v) is 7.13. The van der Waals surface area contributed by atoms with E-state index in [1.165, 1.54) is 23.9 Å². The van der Waals surface area contributed by atoms with E-state index in [0.29, 0.717) is 23.2 Å². The fraction of sp³-hybridized carbons (Fsp3) is 0.105. The standard InChI is InChI=1S/C19H16ClN5O3S/c1-2-9-25-17(12-5-7-21-8-6-12)23-24-19(25)29-11-16(26)22-13-3-4-15(20)14(10-13)18(27)28/h2-8,10H,1,9,11H2,(H,22,26)(H,27,28). The van der Waals surface area contributed by atoms with Crippen LogP contribution in [0.25, 0.3) is 11.4 Å². The molecule has 0 radical (unpaired) electrons. The maximum absolute atomic E-state index is 12.3. The number of anilines is 1. The van der Waals surface area contributed by atoms with E-state index in [1.54, 1.807) is 24.5 Å². The van der Waals surface area contributed by atoms with E-state index in [4.69, 9.17) is 16.7 Å². The van der Waals surface area contributed by atoms with Gasteiger partial charge in [-0.1, -0.05) is 29.4 Å². The van der Waals surface area contributed by atoms with Gasteiger partial charge in [0, 0.05) is 30.2 Å². The number of benzene rings is 1. The van der Waals surface area contributed by atoms with Crippen LogP contribution >= 0.6 is 23.4 Å². The number of hydrogen-bond acceptors (Lipinski definition) is 6. The van der Waals surface area contributed by atoms with Crippen molar-refractivity contribution < 1.29 is 14.7 Å². The number of aromatic nitrogens is 4. The van der Waals surface area contributed by atoms with Crippen LogP contribution in [-0.2, 0) is 11.3 Å². The number of rotatable bonds is 8. The van der Waals surface area contributed by atoms with E-state index in [2.05, 4.69) is 27.1 Å². The molecule has 0 unspecified atom stereocenters. The smallest absolute Gasteiger partial charge is 0.337 e. The van der Waals surface area contributed by atoms with Crippen LogP contribution in [-0.4, -0.2) is 42.5 Å². The molecule has 1 aromatic carbocycles. The highest BCUT2D eigenvalue weighted by molar-refractivity contribution is 7.99. The van der Waals surface area contributed by atoms with Crippen molar-refractivity contribution in [2.24, 2.45) is 0 Å². The van der Waals surface area contributed by atoms with Crippen LogP contribution in [0.4, 0.5) is 5.69 Å². The fourth-order valence-electron chi connectivity index (χ4n) is 2.50. The number of carbonyl (C=O) groups is 2. The number of allylic oxidation sites excluding steroid dienone is 1. The first kappa shape index (κ1) is 20.6. The zero-order valence-corrected chi connectivity index (χ0v) is 16.7. The van der Waals surface area contributed by atoms with Gasteiger partial charge in [0.15, 0.2) is 11.0 Å². The molecule has 0 aliphatic rings. The molecule has 0 aliphatic heterocycles. The lowest BCUT2D eigenvalue weighted by Gasteiger charge is -2.09. The number of nitrogens with one attached hydrogen (secondary N) is 1. The first-order valence-electron chi connectivity index (χ1n) is 8.39. The zero-order chi connectivity index (χ0) is 20.8. The third-order valence-electron chi connectivity index (χ3n) is 3.78. The summed E-state index contributed by atoms with van der Waals surface area (Å²) in [6, 6.07) is 7.93. The van der Waals surface area contributed by atoms with E-state index < -0.39 is 5.97 Å². The summed E-state index contributed by atoms with van der Waals surface area (Å²) in [7, 11) is 0. The Hall–Kier alpha value is -3.17. The number of aromatic carboxylic acids is 1. The van der Waals surface area contributed by atoms with Crippen molar-refractivity contribution >= 4 is 40.9 Å². The van der Waals surface area contributed by atoms with Crippen molar-refractivity contribution in [3.05, 3.63) is 66.0 Å². The van der Waals surface area contributed by atoms with Gasteiger partial charge in [-0.3, -0.25) is 14.3 Å². The quantitative estimate of drug-likeness (QED) is 0.415. The lowest BCUT2D eigenvalue weighted by Crippen LogP contribution is -2.15. The summed E-state index contributed by atoms with van der Waals surface area (Å²) in [4.78, 5) is 27.5. The van der Waals surface area contributed by atoms with E-state index in [1.807, 2.05) is 16.7 Å². The number of carboxylic acid groups (broad SMARTS) is 1. The SMILES string of the molecule is C=CCn1c(SCC(=O)Nc2ccc(Cl)c(C(=O)O)c2)nnc1-c1ccncc1. The highest BCUT2D eigenvalue weighted by Gasteiger charge is 2.16. The second-order valence-electron chi connectivity index (χ2n) is 5.78. The monoisotopic (exact) mass is 429 g/mol. The van der Waals surface area contributed by atoms with Gasteiger partial charge < -0.3 is 10.4 Å². The van der Waals surface area contributed by atoms with Crippen molar-refractivity contribution in [1.82, 2.24) is 19.7 Å². The summed E-state index contributed by atoms with van der Waals surface area (Å²) in [6.45, 7) is 4.24. The number of hydrogen-bond donors (Lipinski definition) is 2. The number of carboxylic acids is 1. The molecule has 2 heterocycles. The Labute approximate surface area is 175 Å². The van der Waals surface area contributed by atoms with Crippen LogP contribution in [0.15, 0.2) is 60.5 Å². The average Bonchev–Trinajstić information content (AvgIpc) is 3.11. The van der Waals surface area contributed by atoms with Gasteiger partial charge in [0.05, 0.1) is 16.3 Å². The first-order chi connectivity index (χ1) is 14.0. The maximum Gasteiger partial charge on any atom is 0.337 e. The predicted molar refractivity (Wildman–Crippen MR) is 111 cm³/mol. The second kappa shape index (κ2) is 9.35. The summed E-state index contributed by atoms with van der Waals surface area (Å²) in [6.07, 6.45) is 5.05. The lowest BCUT2D eigenvalue weighted by molar-refractivity contribution is -0.113. The molecule has 1 amide bonds. The van der Waals surface area contributed by atoms with Gasteiger partial charge in [0.25, 0.3) is 0 Å². The Morgan fingerprint density at radius 2 is 2.00 bits per heavy atom. The van der Waals surface area contributed by atoms with E-state index in [-0.39, 0.29) is 22.2 Å². The summed E-state index contributed by atoms with van der Waals surface area (Å²) >= 11 is 7.06. The van der Waals surface area contributed by atoms with Gasteiger partial charge in [-0.05, 0) is 30.3 Å². The van der Waals surface area contributed by atoms with Crippen LogP contribution in [0.2, 0.25) is 5.02 Å². The van der Waals surface area contributed by atoms with Gasteiger partial charge in [-0.15, -0.1) is 16.8 Å². The van der Waals surface area contributed by atoms with Gasteiger partial charge in [0.1, 0.15) is 0 Å². The molecule has 0 aliphatic carbocycles. The van der Waals surface area contributed by atoms with E-state index in [0.717, 1.165) is 5.56 Å². The summed E-state index contributed by atoms with van der Waals surface area (Å²) in [5.74, 6) is -0.760. The molecule has 2 aromatic heterocycles. The number of halogens is 1. The molecule has 2 N–H and O–H groups in total. The number of carbonyl (C=O) groups excluding carboxylic acids is 1. The molecule has 0 bridgehead atoms. The highest BCUT2D eigenvalue weighted by atomic mass is 35.5. The van der Waals surface area contributed by atoms with Gasteiger partial charge in [-0.2, -0.15) is 0 Å². The molecule has 29 heavy (non-hydrogen) atoms. The van der Waals surface area contributed by atoms with E-state index >= 15 is 0 Å². The molecule has 0 saturated heterocycles. The average molecular weight is 430 g/mol. The third kappa shape index (κ3) is 5.01. The van der Waals surface area contributed by atoms with Crippen LogP contribution in [0.1, 0.15) is 10.4 Å². The maximum atomic E-state index is 12.3. The van der Waals surface area contributed by atoms with Crippen molar-refractivity contribution in [1.29, 1.82) is 0 Å². The molecule has 0 saturated carbocycles. The molecule has 10 heteroatoms. The molecule has 0 fully saturated rings. The number of thioether (sulfide) groups is 1. The topological polar surface area (TPSA) is 110 Å². The summed E-state index contributed by atoms with van der Waals surface area (Å²) in [5.41, 5.74) is 1.13. The Balaban J connectivity index is 1.71. The molecule has 3 rings (SSSR count). The minimum Gasteiger partial charge on any atom is -0.478 e. The van der Waals surface area contributed by atoms with Crippen molar-refractivity contribution in [3.63, 3.8) is 0 Å². The van der Waals surface area contributed by atoms with Crippen LogP contribution in [0.3, 0.4) is 0 Å². The third-order valence-corrected chi connectivity index (χ3v) is 5.08. The summed E-state index contributed by atoms with van der Waals surface area (Å²) in [5, 5.41) is 20.8. The molecule has 3 aromatic rings. The van der Waals surface area contributed by atoms with Gasteiger partial charge in [-0.25, -0.2) is 4.79 Å². The number of amides is 1. The van der Waals surface area contributed by atoms with Crippen LogP contribution < -0.4 is 5.32 Å². The number of nitrogens with zero attached hydrogens (tertiary/aromatic N) is 4. The minimum atomic E-state index is -1.17. The molecular formula is C19H16ClN5O3S. The summed E-state index contributed by atoms with van der Waals surface area (Å²) < 4.78 is 1.85. The van der Waals surface area contributed by atoms with Crippen LogP contribution in [0, 0.1) is 0 Å². The van der Waals surface area contributed by atoms with Crippen molar-refractivity contribution in [2.45, 2.75) is 11.7 Å². The normalized spacial score (nSPS) is 10.5. The van der Waals surface area contributed by atoms with Crippen LogP contribution in [0.5, 0.6) is 0 Å². The highest BCUT2D eigenvalue weighted by Crippen LogP contribution is 2.24. The Morgan fingerprint density at radius 3 is 2.69 bits per heavy atom. The molecule has 148 valence electrons. The van der Waals surface area contributed by atoms with Gasteiger partial charge >= 0.3 is 5.97 Å². The van der Waals surface area contributed by atoms with Gasteiger partial charge in [0.2, 0.25) is 5.91 Å². The Morgan fingerprint density at radius 1 is 1.24 bits per heavy atom. The Bertz CT molecular complexity index is 1060. The minimum absolute atomic E-state index is 0.0661. The largest absolute Gasteiger partial charge is 0.478 e. The van der Waals surface area contributed by atoms with Crippen molar-refractivity contribution in [3.8, 4) is 11.4 Å². The molecule has 8 nitrogen and oxygen atoms in total. The Kier molecular flexibility index (Phi) is 6.63. The fourth-order valence-corrected chi connectivity index (χ4v) is 3.44. The molecule has 0 spiro atoms. The zero-order valence-electron chi connectivity index (χ0n) is 15.1. The molecule has 0 atom stereocenters. The number of pyridine rings is 1.